The number of halogens is 1. The van der Waals surface area contributed by atoms with Crippen LogP contribution in [-0.2, 0) is 6.54 Å². The van der Waals surface area contributed by atoms with Crippen LogP contribution in [0.5, 0.6) is 0 Å². The van der Waals surface area contributed by atoms with Gasteiger partial charge in [0.2, 0.25) is 0 Å². The standard InChI is InChI=1S/C13H10BrN3OS/c14-9-6-11(12-15-3-4-17(12)8-9)13(18)16-7-10-2-1-5-19-10/h1-6,8H,7H2,(H,16,18). The Morgan fingerprint density at radius 3 is 3.21 bits per heavy atom. The van der Waals surface area contributed by atoms with Gasteiger partial charge in [0.05, 0.1) is 12.1 Å². The number of fused-ring (bicyclic) bond motifs is 1. The first-order valence-electron chi connectivity index (χ1n) is 5.67. The highest BCUT2D eigenvalue weighted by Crippen LogP contribution is 2.17. The molecule has 96 valence electrons. The number of pyridine rings is 1. The van der Waals surface area contributed by atoms with Gasteiger partial charge < -0.3 is 9.72 Å². The van der Waals surface area contributed by atoms with Crippen molar-refractivity contribution in [3.63, 3.8) is 0 Å². The van der Waals surface area contributed by atoms with Crippen molar-refractivity contribution in [3.8, 4) is 0 Å². The molecule has 0 bridgehead atoms. The molecule has 0 atom stereocenters. The number of thiophene rings is 1. The molecule has 1 N–H and O–H groups in total. The first-order valence-corrected chi connectivity index (χ1v) is 7.34. The molecule has 0 spiro atoms. The van der Waals surface area contributed by atoms with E-state index in [-0.39, 0.29) is 5.91 Å². The third kappa shape index (κ3) is 2.54. The number of aromatic nitrogens is 2. The summed E-state index contributed by atoms with van der Waals surface area (Å²) in [5, 5.41) is 4.90. The van der Waals surface area contributed by atoms with Gasteiger partial charge in [-0.05, 0) is 33.4 Å². The van der Waals surface area contributed by atoms with Gasteiger partial charge in [-0.25, -0.2) is 4.98 Å². The highest BCUT2D eigenvalue weighted by molar-refractivity contribution is 9.10. The van der Waals surface area contributed by atoms with E-state index in [4.69, 9.17) is 0 Å². The molecule has 4 nitrogen and oxygen atoms in total. The second kappa shape index (κ2) is 5.14. The summed E-state index contributed by atoms with van der Waals surface area (Å²) < 4.78 is 2.67. The molecule has 6 heteroatoms. The van der Waals surface area contributed by atoms with Gasteiger partial charge in [-0.15, -0.1) is 11.3 Å². The second-order valence-electron chi connectivity index (χ2n) is 3.99. The van der Waals surface area contributed by atoms with E-state index in [9.17, 15) is 4.79 Å². The topological polar surface area (TPSA) is 46.4 Å². The number of nitrogens with zero attached hydrogens (tertiary/aromatic N) is 2. The van der Waals surface area contributed by atoms with Gasteiger partial charge in [0.1, 0.15) is 5.65 Å². The molecular formula is C13H10BrN3OS. The number of imidazole rings is 1. The zero-order valence-corrected chi connectivity index (χ0v) is 12.2. The highest BCUT2D eigenvalue weighted by atomic mass is 79.9. The molecular weight excluding hydrogens is 326 g/mol. The summed E-state index contributed by atoms with van der Waals surface area (Å²) in [7, 11) is 0. The summed E-state index contributed by atoms with van der Waals surface area (Å²) in [5.74, 6) is -0.120. The summed E-state index contributed by atoms with van der Waals surface area (Å²) >= 11 is 5.02. The number of carbonyl (C=O) groups is 1. The van der Waals surface area contributed by atoms with Gasteiger partial charge in [-0.2, -0.15) is 0 Å². The largest absolute Gasteiger partial charge is 0.347 e. The van der Waals surface area contributed by atoms with Crippen molar-refractivity contribution in [1.82, 2.24) is 14.7 Å². The van der Waals surface area contributed by atoms with Crippen LogP contribution in [0, 0.1) is 0 Å². The van der Waals surface area contributed by atoms with Crippen LogP contribution in [0.15, 0.2) is 46.6 Å². The number of hydrogen-bond acceptors (Lipinski definition) is 3. The van der Waals surface area contributed by atoms with Crippen LogP contribution in [0.3, 0.4) is 0 Å². The molecule has 3 aromatic heterocycles. The van der Waals surface area contributed by atoms with E-state index >= 15 is 0 Å². The zero-order chi connectivity index (χ0) is 13.2. The van der Waals surface area contributed by atoms with Gasteiger partial charge >= 0.3 is 0 Å². The summed E-state index contributed by atoms with van der Waals surface area (Å²) in [5.41, 5.74) is 1.22. The van der Waals surface area contributed by atoms with Crippen LogP contribution in [0.4, 0.5) is 0 Å². The van der Waals surface area contributed by atoms with E-state index in [0.29, 0.717) is 17.8 Å². The minimum Gasteiger partial charge on any atom is -0.347 e. The van der Waals surface area contributed by atoms with Crippen molar-refractivity contribution in [3.05, 3.63) is 57.1 Å². The Morgan fingerprint density at radius 2 is 2.42 bits per heavy atom. The molecule has 0 aromatic carbocycles. The Bertz CT molecular complexity index is 721. The third-order valence-corrected chi connectivity index (χ3v) is 4.01. The van der Waals surface area contributed by atoms with Gasteiger partial charge in [0.15, 0.2) is 0 Å². The van der Waals surface area contributed by atoms with Crippen molar-refractivity contribution in [2.24, 2.45) is 0 Å². The summed E-state index contributed by atoms with van der Waals surface area (Å²) in [6.45, 7) is 0.538. The van der Waals surface area contributed by atoms with Crippen molar-refractivity contribution in [2.45, 2.75) is 6.54 Å². The summed E-state index contributed by atoms with van der Waals surface area (Å²) in [4.78, 5) is 17.6. The number of nitrogens with one attached hydrogen (secondary N) is 1. The molecule has 3 rings (SSSR count). The molecule has 0 aliphatic rings. The minimum absolute atomic E-state index is 0.120. The SMILES string of the molecule is O=C(NCc1cccs1)c1cc(Br)cn2ccnc12. The van der Waals surface area contributed by atoms with Crippen LogP contribution < -0.4 is 5.32 Å². The fraction of sp³-hybridized carbons (Fsp3) is 0.0769. The molecule has 0 aliphatic carbocycles. The van der Waals surface area contributed by atoms with E-state index < -0.39 is 0 Å². The minimum atomic E-state index is -0.120. The molecule has 3 aromatic rings. The number of amides is 1. The monoisotopic (exact) mass is 335 g/mol. The van der Waals surface area contributed by atoms with E-state index in [1.165, 1.54) is 0 Å². The molecule has 1 amide bonds. The smallest absolute Gasteiger partial charge is 0.255 e. The van der Waals surface area contributed by atoms with Crippen LogP contribution >= 0.6 is 27.3 Å². The average molecular weight is 336 g/mol. The summed E-state index contributed by atoms with van der Waals surface area (Å²) in [6, 6.07) is 5.75. The van der Waals surface area contributed by atoms with Crippen LogP contribution in [-0.4, -0.2) is 15.3 Å². The van der Waals surface area contributed by atoms with E-state index in [1.807, 2.05) is 34.3 Å². The van der Waals surface area contributed by atoms with Crippen molar-refractivity contribution < 1.29 is 4.79 Å². The van der Waals surface area contributed by atoms with Crippen LogP contribution in [0.1, 0.15) is 15.2 Å². The lowest BCUT2D eigenvalue weighted by Gasteiger charge is -2.06. The fourth-order valence-electron chi connectivity index (χ4n) is 1.84. The Labute approximate surface area is 122 Å². The van der Waals surface area contributed by atoms with E-state index in [2.05, 4.69) is 26.2 Å². The Kier molecular flexibility index (Phi) is 3.35. The maximum absolute atomic E-state index is 12.2. The number of rotatable bonds is 3. The average Bonchev–Trinajstić information content (AvgIpc) is 3.05. The molecule has 0 saturated carbocycles. The van der Waals surface area contributed by atoms with Gasteiger partial charge in [-0.1, -0.05) is 6.07 Å². The first-order chi connectivity index (χ1) is 9.24. The highest BCUT2D eigenvalue weighted by Gasteiger charge is 2.12. The fourth-order valence-corrected chi connectivity index (χ4v) is 2.94. The van der Waals surface area contributed by atoms with Gasteiger partial charge in [0, 0.05) is 27.9 Å². The van der Waals surface area contributed by atoms with E-state index in [1.54, 1.807) is 23.6 Å². The predicted octanol–water partition coefficient (Wildman–Crippen LogP) is 3.09. The molecule has 19 heavy (non-hydrogen) atoms. The normalized spacial score (nSPS) is 10.8. The lowest BCUT2D eigenvalue weighted by atomic mass is 10.2. The van der Waals surface area contributed by atoms with Crippen LogP contribution in [0.25, 0.3) is 5.65 Å². The van der Waals surface area contributed by atoms with Crippen molar-refractivity contribution >= 4 is 38.8 Å². The zero-order valence-electron chi connectivity index (χ0n) is 9.84. The predicted molar refractivity (Wildman–Crippen MR) is 78.4 cm³/mol. The Hall–Kier alpha value is -1.66. The van der Waals surface area contributed by atoms with Crippen LogP contribution in [0.2, 0.25) is 0 Å². The maximum atomic E-state index is 12.2. The Morgan fingerprint density at radius 1 is 1.53 bits per heavy atom. The number of carbonyl (C=O) groups excluding carboxylic acids is 1. The van der Waals surface area contributed by atoms with Crippen molar-refractivity contribution in [2.75, 3.05) is 0 Å². The number of hydrogen-bond donors (Lipinski definition) is 1. The van der Waals surface area contributed by atoms with Crippen molar-refractivity contribution in [1.29, 1.82) is 0 Å². The lowest BCUT2D eigenvalue weighted by Crippen LogP contribution is -2.23. The first kappa shape index (κ1) is 12.4. The molecule has 0 unspecified atom stereocenters. The molecule has 3 heterocycles. The second-order valence-corrected chi connectivity index (χ2v) is 5.94. The van der Waals surface area contributed by atoms with Gasteiger partial charge in [0.25, 0.3) is 5.91 Å². The van der Waals surface area contributed by atoms with E-state index in [0.717, 1.165) is 9.35 Å². The molecule has 0 aliphatic heterocycles. The lowest BCUT2D eigenvalue weighted by molar-refractivity contribution is 0.0952. The molecule has 0 fully saturated rings. The van der Waals surface area contributed by atoms with Gasteiger partial charge in [-0.3, -0.25) is 4.79 Å². The summed E-state index contributed by atoms with van der Waals surface area (Å²) in [6.07, 6.45) is 5.37. The Balaban J connectivity index is 1.86. The maximum Gasteiger partial charge on any atom is 0.255 e. The quantitative estimate of drug-likeness (QED) is 0.799. The third-order valence-electron chi connectivity index (χ3n) is 2.70. The molecule has 0 saturated heterocycles. The molecule has 0 radical (unpaired) electrons.